The normalized spacial score (nSPS) is 18.3. The van der Waals surface area contributed by atoms with Gasteiger partial charge in [-0.1, -0.05) is 28.9 Å². The van der Waals surface area contributed by atoms with Crippen LogP contribution in [-0.4, -0.2) is 36.0 Å². The van der Waals surface area contributed by atoms with Crippen LogP contribution in [0.25, 0.3) is 11.4 Å². The highest BCUT2D eigenvalue weighted by atomic mass is 35.5. The standard InChI is InChI=1S/C19H17ClFN3O3S/c20-15-5-1-3-13(11-15)18-22-19(27-23-18)14-4-2-10-24(12-14)28(25,26)17-8-6-16(21)7-9-17/h1,3,5-9,11,14H,2,4,10,12H2. The average molecular weight is 422 g/mol. The highest BCUT2D eigenvalue weighted by molar-refractivity contribution is 7.89. The van der Waals surface area contributed by atoms with Gasteiger partial charge in [-0.3, -0.25) is 0 Å². The molecule has 3 aromatic rings. The number of sulfonamides is 1. The molecule has 0 saturated carbocycles. The summed E-state index contributed by atoms with van der Waals surface area (Å²) in [5, 5.41) is 4.57. The Balaban J connectivity index is 1.55. The number of nitrogens with zero attached hydrogens (tertiary/aromatic N) is 3. The zero-order valence-electron chi connectivity index (χ0n) is 14.8. The van der Waals surface area contributed by atoms with Crippen LogP contribution in [0, 0.1) is 5.82 Å². The lowest BCUT2D eigenvalue weighted by Gasteiger charge is -2.30. The Bertz CT molecular complexity index is 1090. The molecule has 1 aliphatic rings. The summed E-state index contributed by atoms with van der Waals surface area (Å²) in [4.78, 5) is 4.51. The minimum atomic E-state index is -3.71. The van der Waals surface area contributed by atoms with Crippen molar-refractivity contribution in [2.75, 3.05) is 13.1 Å². The summed E-state index contributed by atoms with van der Waals surface area (Å²) in [5.74, 6) is 0.129. The fourth-order valence-corrected chi connectivity index (χ4v) is 4.98. The Hall–Kier alpha value is -2.29. The van der Waals surface area contributed by atoms with Crippen LogP contribution in [-0.2, 0) is 10.0 Å². The van der Waals surface area contributed by atoms with Crippen LogP contribution < -0.4 is 0 Å². The summed E-state index contributed by atoms with van der Waals surface area (Å²) in [6.45, 7) is 0.627. The maximum absolute atomic E-state index is 13.1. The molecule has 0 spiro atoms. The Morgan fingerprint density at radius 2 is 1.96 bits per heavy atom. The van der Waals surface area contributed by atoms with E-state index in [4.69, 9.17) is 16.1 Å². The summed E-state index contributed by atoms with van der Waals surface area (Å²) in [6.07, 6.45) is 1.41. The highest BCUT2D eigenvalue weighted by Crippen LogP contribution is 2.31. The number of hydrogen-bond donors (Lipinski definition) is 0. The van der Waals surface area contributed by atoms with Gasteiger partial charge in [-0.05, 0) is 49.2 Å². The van der Waals surface area contributed by atoms with E-state index in [0.717, 1.165) is 24.1 Å². The third-order valence-corrected chi connectivity index (χ3v) is 6.82. The second kappa shape index (κ2) is 7.62. The lowest BCUT2D eigenvalue weighted by atomic mass is 10.00. The number of halogens is 2. The van der Waals surface area contributed by atoms with E-state index >= 15 is 0 Å². The van der Waals surface area contributed by atoms with Crippen molar-refractivity contribution in [3.05, 3.63) is 65.3 Å². The van der Waals surface area contributed by atoms with E-state index in [1.165, 1.54) is 16.4 Å². The second-order valence-corrected chi connectivity index (χ2v) is 9.00. The van der Waals surface area contributed by atoms with E-state index in [0.29, 0.717) is 29.7 Å². The van der Waals surface area contributed by atoms with Gasteiger partial charge in [0.25, 0.3) is 0 Å². The van der Waals surface area contributed by atoms with Gasteiger partial charge in [-0.2, -0.15) is 9.29 Å². The third kappa shape index (κ3) is 3.80. The van der Waals surface area contributed by atoms with Crippen molar-refractivity contribution in [3.63, 3.8) is 0 Å². The summed E-state index contributed by atoms with van der Waals surface area (Å²) >= 11 is 6.00. The lowest BCUT2D eigenvalue weighted by Crippen LogP contribution is -2.39. The summed E-state index contributed by atoms with van der Waals surface area (Å²) in [5.41, 5.74) is 0.731. The van der Waals surface area contributed by atoms with Crippen LogP contribution in [0.3, 0.4) is 0 Å². The summed E-state index contributed by atoms with van der Waals surface area (Å²) in [7, 11) is -3.71. The van der Waals surface area contributed by atoms with Crippen LogP contribution >= 0.6 is 11.6 Å². The minimum Gasteiger partial charge on any atom is -0.339 e. The molecule has 1 aromatic heterocycles. The molecule has 0 N–H and O–H groups in total. The fourth-order valence-electron chi connectivity index (χ4n) is 3.26. The van der Waals surface area contributed by atoms with E-state index in [1.54, 1.807) is 18.2 Å². The first kappa shape index (κ1) is 19.0. The van der Waals surface area contributed by atoms with Gasteiger partial charge >= 0.3 is 0 Å². The van der Waals surface area contributed by atoms with E-state index in [2.05, 4.69) is 10.1 Å². The molecule has 2 heterocycles. The molecule has 0 bridgehead atoms. The van der Waals surface area contributed by atoms with E-state index in [-0.39, 0.29) is 17.4 Å². The highest BCUT2D eigenvalue weighted by Gasteiger charge is 2.33. The molecule has 0 radical (unpaired) electrons. The Morgan fingerprint density at radius 3 is 2.71 bits per heavy atom. The first-order valence-corrected chi connectivity index (χ1v) is 10.6. The predicted octanol–water partition coefficient (Wildman–Crippen LogP) is 4.10. The van der Waals surface area contributed by atoms with Gasteiger partial charge in [0.05, 0.1) is 10.8 Å². The Kier molecular flexibility index (Phi) is 5.18. The van der Waals surface area contributed by atoms with Gasteiger partial charge < -0.3 is 4.52 Å². The largest absolute Gasteiger partial charge is 0.339 e. The van der Waals surface area contributed by atoms with E-state index in [1.807, 2.05) is 6.07 Å². The monoisotopic (exact) mass is 421 g/mol. The SMILES string of the molecule is O=S(=O)(c1ccc(F)cc1)N1CCCC(c2nc(-c3cccc(Cl)c3)no2)C1. The predicted molar refractivity (Wildman–Crippen MR) is 102 cm³/mol. The average Bonchev–Trinajstić information content (AvgIpc) is 3.19. The van der Waals surface area contributed by atoms with Crippen molar-refractivity contribution in [2.24, 2.45) is 0 Å². The zero-order valence-corrected chi connectivity index (χ0v) is 16.3. The van der Waals surface area contributed by atoms with Crippen molar-refractivity contribution in [1.29, 1.82) is 0 Å². The lowest BCUT2D eigenvalue weighted by molar-refractivity contribution is 0.265. The molecule has 1 unspecified atom stereocenters. The summed E-state index contributed by atoms with van der Waals surface area (Å²) in [6, 6.07) is 12.0. The number of benzene rings is 2. The Labute approximate surface area is 167 Å². The molecule has 0 amide bonds. The fraction of sp³-hybridized carbons (Fsp3) is 0.263. The number of piperidine rings is 1. The molecule has 1 aliphatic heterocycles. The van der Waals surface area contributed by atoms with E-state index < -0.39 is 15.8 Å². The number of rotatable bonds is 4. The van der Waals surface area contributed by atoms with Crippen LogP contribution in [0.4, 0.5) is 4.39 Å². The minimum absolute atomic E-state index is 0.0692. The smallest absolute Gasteiger partial charge is 0.243 e. The van der Waals surface area contributed by atoms with Gasteiger partial charge in [0.2, 0.25) is 21.7 Å². The molecule has 6 nitrogen and oxygen atoms in total. The van der Waals surface area contributed by atoms with Gasteiger partial charge in [-0.15, -0.1) is 0 Å². The molecular formula is C19H17ClFN3O3S. The molecular weight excluding hydrogens is 405 g/mol. The zero-order chi connectivity index (χ0) is 19.7. The van der Waals surface area contributed by atoms with Crippen molar-refractivity contribution in [3.8, 4) is 11.4 Å². The van der Waals surface area contributed by atoms with Gasteiger partial charge in [0.1, 0.15) is 5.82 Å². The molecule has 1 atom stereocenters. The molecule has 146 valence electrons. The number of hydrogen-bond acceptors (Lipinski definition) is 5. The van der Waals surface area contributed by atoms with Crippen molar-refractivity contribution in [1.82, 2.24) is 14.4 Å². The quantitative estimate of drug-likeness (QED) is 0.634. The molecule has 2 aromatic carbocycles. The second-order valence-electron chi connectivity index (χ2n) is 6.62. The van der Waals surface area contributed by atoms with Gasteiger partial charge in [0, 0.05) is 23.7 Å². The van der Waals surface area contributed by atoms with Crippen molar-refractivity contribution >= 4 is 21.6 Å². The Morgan fingerprint density at radius 1 is 1.18 bits per heavy atom. The molecule has 28 heavy (non-hydrogen) atoms. The number of aromatic nitrogens is 2. The maximum atomic E-state index is 13.1. The first-order valence-electron chi connectivity index (χ1n) is 8.79. The van der Waals surface area contributed by atoms with Crippen molar-refractivity contribution in [2.45, 2.75) is 23.7 Å². The van der Waals surface area contributed by atoms with E-state index in [9.17, 15) is 12.8 Å². The molecule has 4 rings (SSSR count). The first-order chi connectivity index (χ1) is 13.4. The van der Waals surface area contributed by atoms with Crippen LogP contribution in [0.5, 0.6) is 0 Å². The molecule has 0 aliphatic carbocycles. The van der Waals surface area contributed by atoms with Gasteiger partial charge in [0.15, 0.2) is 0 Å². The van der Waals surface area contributed by atoms with Crippen LogP contribution in [0.15, 0.2) is 57.9 Å². The maximum Gasteiger partial charge on any atom is 0.243 e. The van der Waals surface area contributed by atoms with Gasteiger partial charge in [-0.25, -0.2) is 12.8 Å². The van der Waals surface area contributed by atoms with Crippen LogP contribution in [0.1, 0.15) is 24.7 Å². The summed E-state index contributed by atoms with van der Waals surface area (Å²) < 4.78 is 45.6. The van der Waals surface area contributed by atoms with Crippen molar-refractivity contribution < 1.29 is 17.3 Å². The molecule has 9 heteroatoms. The topological polar surface area (TPSA) is 76.3 Å². The third-order valence-electron chi connectivity index (χ3n) is 4.71. The van der Waals surface area contributed by atoms with Crippen LogP contribution in [0.2, 0.25) is 5.02 Å². The molecule has 1 saturated heterocycles. The molecule has 1 fully saturated rings.